The van der Waals surface area contributed by atoms with Crippen LogP contribution in [0.1, 0.15) is 56.9 Å². The van der Waals surface area contributed by atoms with Gasteiger partial charge in [-0.05, 0) is 62.8 Å². The molecular formula is C29H28ClNO7. The number of aliphatic carboxylic acids is 1. The number of carbonyl (C=O) groups is 5. The first-order chi connectivity index (χ1) is 18.1. The second-order valence-corrected chi connectivity index (χ2v) is 10.9. The fraction of sp³-hybridized carbons (Fsp3) is 0.414. The van der Waals surface area contributed by atoms with Gasteiger partial charge in [-0.1, -0.05) is 29.7 Å². The van der Waals surface area contributed by atoms with Gasteiger partial charge in [0.1, 0.15) is 5.75 Å². The zero-order valence-corrected chi connectivity index (χ0v) is 21.7. The van der Waals surface area contributed by atoms with Crippen molar-refractivity contribution < 1.29 is 34.2 Å². The van der Waals surface area contributed by atoms with E-state index in [4.69, 9.17) is 16.7 Å². The molecule has 38 heavy (non-hydrogen) atoms. The number of unbranched alkanes of at least 4 members (excludes halogenated alkanes) is 2. The molecule has 4 aliphatic rings. The van der Waals surface area contributed by atoms with E-state index in [1.165, 1.54) is 23.1 Å². The van der Waals surface area contributed by atoms with Crippen LogP contribution in [0.3, 0.4) is 0 Å². The predicted octanol–water partition coefficient (Wildman–Crippen LogP) is 4.12. The first kappa shape index (κ1) is 26.1. The van der Waals surface area contributed by atoms with Crippen LogP contribution in [0.5, 0.6) is 5.75 Å². The van der Waals surface area contributed by atoms with Gasteiger partial charge in [-0.2, -0.15) is 0 Å². The van der Waals surface area contributed by atoms with Crippen molar-refractivity contribution in [2.45, 2.75) is 51.4 Å². The molecule has 0 radical (unpaired) electrons. The summed E-state index contributed by atoms with van der Waals surface area (Å²) < 4.78 is 0. The Hall–Kier alpha value is -3.52. The zero-order chi connectivity index (χ0) is 27.3. The van der Waals surface area contributed by atoms with Gasteiger partial charge < -0.3 is 10.2 Å². The third kappa shape index (κ3) is 4.30. The lowest BCUT2D eigenvalue weighted by Gasteiger charge is -2.42. The molecule has 1 aromatic rings. The molecule has 4 atom stereocenters. The van der Waals surface area contributed by atoms with Crippen molar-refractivity contribution in [1.82, 2.24) is 4.90 Å². The van der Waals surface area contributed by atoms with Gasteiger partial charge in [-0.25, -0.2) is 0 Å². The van der Waals surface area contributed by atoms with Crippen LogP contribution in [0.15, 0.2) is 52.6 Å². The molecule has 1 heterocycles. The Morgan fingerprint density at radius 1 is 1.08 bits per heavy atom. The summed E-state index contributed by atoms with van der Waals surface area (Å²) in [7, 11) is 0. The number of benzene rings is 1. The molecule has 1 aromatic carbocycles. The first-order valence-corrected chi connectivity index (χ1v) is 13.2. The van der Waals surface area contributed by atoms with Gasteiger partial charge in [0, 0.05) is 46.2 Å². The van der Waals surface area contributed by atoms with E-state index >= 15 is 0 Å². The highest BCUT2D eigenvalue weighted by atomic mass is 35.5. The second-order valence-electron chi connectivity index (χ2n) is 10.5. The van der Waals surface area contributed by atoms with Crippen molar-refractivity contribution in [1.29, 1.82) is 0 Å². The molecule has 0 saturated carbocycles. The standard InChI is InChI=1S/C29H28ClNO7/c1-14-11-22(33)20-13-18-16(24(26(20)27(14)36)19-12-15(30)6-9-21(19)32)7-8-17-25(18)29(38)31(28(17)37)10-4-2-3-5-23(34)35/h6-7,9,11-12,17-18,24-25,32H,2-5,8,10,13H2,1H3,(H,34,35)/t17-,18+,24+,25-/m0/s1. The van der Waals surface area contributed by atoms with Crippen molar-refractivity contribution >= 4 is 41.0 Å². The van der Waals surface area contributed by atoms with E-state index in [1.807, 2.05) is 6.08 Å². The van der Waals surface area contributed by atoms with E-state index < -0.39 is 29.6 Å². The Balaban J connectivity index is 1.51. The molecule has 5 rings (SSSR count). The minimum atomic E-state index is -0.880. The first-order valence-electron chi connectivity index (χ1n) is 12.9. The number of nitrogens with zero attached hydrogens (tertiary/aromatic N) is 1. The molecule has 1 fully saturated rings. The molecule has 1 aliphatic heterocycles. The van der Waals surface area contributed by atoms with Crippen molar-refractivity contribution in [2.75, 3.05) is 6.54 Å². The number of carboxylic acids is 1. The second kappa shape index (κ2) is 9.98. The lowest BCUT2D eigenvalue weighted by atomic mass is 9.59. The van der Waals surface area contributed by atoms with Gasteiger partial charge in [0.25, 0.3) is 0 Å². The highest BCUT2D eigenvalue weighted by Crippen LogP contribution is 2.56. The quantitative estimate of drug-likeness (QED) is 0.231. The van der Waals surface area contributed by atoms with Gasteiger partial charge in [-0.15, -0.1) is 0 Å². The van der Waals surface area contributed by atoms with Crippen LogP contribution in [0, 0.1) is 17.8 Å². The summed E-state index contributed by atoms with van der Waals surface area (Å²) in [4.78, 5) is 65.5. The van der Waals surface area contributed by atoms with Gasteiger partial charge in [0.15, 0.2) is 11.6 Å². The Bertz CT molecular complexity index is 1370. The third-order valence-electron chi connectivity index (χ3n) is 8.23. The molecule has 2 N–H and O–H groups in total. The van der Waals surface area contributed by atoms with Crippen LogP contribution in [0.4, 0.5) is 0 Å². The number of fused-ring (bicyclic) bond motifs is 3. The molecule has 9 heteroatoms. The number of allylic oxidation sites excluding steroid dienone is 6. The van der Waals surface area contributed by atoms with E-state index in [0.29, 0.717) is 53.0 Å². The lowest BCUT2D eigenvalue weighted by Crippen LogP contribution is -2.40. The number of phenolic OH excluding ortho intramolecular Hbond substituents is 1. The molecule has 0 aromatic heterocycles. The van der Waals surface area contributed by atoms with E-state index in [0.717, 1.165) is 5.57 Å². The number of aromatic hydroxyl groups is 1. The minimum absolute atomic E-state index is 0.0400. The summed E-state index contributed by atoms with van der Waals surface area (Å²) in [5.41, 5.74) is 2.08. The van der Waals surface area contributed by atoms with Crippen LogP contribution in [0.25, 0.3) is 0 Å². The molecule has 0 unspecified atom stereocenters. The third-order valence-corrected chi connectivity index (χ3v) is 8.46. The summed E-state index contributed by atoms with van der Waals surface area (Å²) in [6.07, 6.45) is 5.30. The minimum Gasteiger partial charge on any atom is -0.508 e. The van der Waals surface area contributed by atoms with Crippen LogP contribution in [-0.4, -0.2) is 51.0 Å². The Labute approximate surface area is 224 Å². The van der Waals surface area contributed by atoms with E-state index in [-0.39, 0.29) is 48.5 Å². The van der Waals surface area contributed by atoms with Crippen LogP contribution in [-0.2, 0) is 24.0 Å². The number of likely N-dealkylation sites (tertiary alicyclic amines) is 1. The van der Waals surface area contributed by atoms with Crippen LogP contribution < -0.4 is 0 Å². The number of ketones is 2. The number of halogens is 1. The van der Waals surface area contributed by atoms with Crippen LogP contribution >= 0.6 is 11.6 Å². The van der Waals surface area contributed by atoms with E-state index in [2.05, 4.69) is 0 Å². The van der Waals surface area contributed by atoms with Gasteiger partial charge >= 0.3 is 5.97 Å². The number of carboxylic acid groups (broad SMARTS) is 1. The summed E-state index contributed by atoms with van der Waals surface area (Å²) in [5, 5.41) is 20.0. The number of imide groups is 1. The number of Topliss-reactive ketones (excluding diaryl/α,β-unsaturated/α-hetero) is 1. The molecular weight excluding hydrogens is 510 g/mol. The number of rotatable bonds is 7. The molecule has 198 valence electrons. The van der Waals surface area contributed by atoms with Crippen molar-refractivity contribution in [3.05, 3.63) is 63.2 Å². The maximum atomic E-state index is 13.6. The fourth-order valence-corrected chi connectivity index (χ4v) is 6.66. The number of hydrogen-bond acceptors (Lipinski definition) is 6. The number of carbonyl (C=O) groups excluding carboxylic acids is 4. The molecule has 0 spiro atoms. The Kier molecular flexibility index (Phi) is 6.86. The summed E-state index contributed by atoms with van der Waals surface area (Å²) >= 11 is 6.27. The summed E-state index contributed by atoms with van der Waals surface area (Å²) in [5.74, 6) is -4.53. The molecule has 2 amide bonds. The summed E-state index contributed by atoms with van der Waals surface area (Å²) in [6.45, 7) is 1.81. The highest BCUT2D eigenvalue weighted by molar-refractivity contribution is 6.30. The monoisotopic (exact) mass is 537 g/mol. The summed E-state index contributed by atoms with van der Waals surface area (Å²) in [6, 6.07) is 4.56. The number of hydrogen-bond donors (Lipinski definition) is 2. The predicted molar refractivity (Wildman–Crippen MR) is 137 cm³/mol. The van der Waals surface area contributed by atoms with E-state index in [9.17, 15) is 29.1 Å². The van der Waals surface area contributed by atoms with Crippen molar-refractivity contribution in [3.8, 4) is 5.75 Å². The molecule has 3 aliphatic carbocycles. The Morgan fingerprint density at radius 3 is 2.58 bits per heavy atom. The number of phenols is 1. The van der Waals surface area contributed by atoms with E-state index in [1.54, 1.807) is 13.0 Å². The van der Waals surface area contributed by atoms with Gasteiger partial charge in [-0.3, -0.25) is 28.9 Å². The van der Waals surface area contributed by atoms with Crippen molar-refractivity contribution in [3.63, 3.8) is 0 Å². The van der Waals surface area contributed by atoms with Gasteiger partial charge in [0.2, 0.25) is 11.8 Å². The average Bonchev–Trinajstić information content (AvgIpc) is 3.12. The molecule has 8 nitrogen and oxygen atoms in total. The fourth-order valence-electron chi connectivity index (χ4n) is 6.48. The van der Waals surface area contributed by atoms with Crippen molar-refractivity contribution in [2.24, 2.45) is 17.8 Å². The molecule has 1 saturated heterocycles. The lowest BCUT2D eigenvalue weighted by molar-refractivity contribution is -0.141. The molecule has 0 bridgehead atoms. The van der Waals surface area contributed by atoms with Gasteiger partial charge in [0.05, 0.1) is 11.8 Å². The largest absolute Gasteiger partial charge is 0.508 e. The SMILES string of the molecule is CC1=CC(=O)C2=C(C1=O)[C@@H](c1cc(Cl)ccc1O)C1=CC[C@@H]3C(=O)N(CCCCCC(=O)O)C(=O)[C@@H]3[C@@H]1C2. The Morgan fingerprint density at radius 2 is 1.84 bits per heavy atom. The maximum Gasteiger partial charge on any atom is 0.303 e. The maximum absolute atomic E-state index is 13.6. The number of amides is 2. The smallest absolute Gasteiger partial charge is 0.303 e. The van der Waals surface area contributed by atoms with Crippen LogP contribution in [0.2, 0.25) is 5.02 Å². The normalized spacial score (nSPS) is 26.6. The highest BCUT2D eigenvalue weighted by Gasteiger charge is 2.56. The topological polar surface area (TPSA) is 129 Å². The zero-order valence-electron chi connectivity index (χ0n) is 20.9. The average molecular weight is 538 g/mol.